The van der Waals surface area contributed by atoms with E-state index in [1.54, 1.807) is 0 Å². The van der Waals surface area contributed by atoms with Crippen molar-refractivity contribution in [3.63, 3.8) is 0 Å². The molecule has 0 aromatic carbocycles. The zero-order chi connectivity index (χ0) is 41.8. The van der Waals surface area contributed by atoms with Crippen LogP contribution in [0.5, 0.6) is 0 Å². The summed E-state index contributed by atoms with van der Waals surface area (Å²) in [6.45, 7) is 3.75. The molecule has 2 unspecified atom stereocenters. The number of phosphoric acid groups is 1. The van der Waals surface area contributed by atoms with Crippen LogP contribution in [0.1, 0.15) is 206 Å². The fourth-order valence-corrected chi connectivity index (χ4v) is 6.69. The van der Waals surface area contributed by atoms with Crippen LogP contribution in [-0.4, -0.2) is 43.3 Å². The normalized spacial score (nSPS) is 13.8. The van der Waals surface area contributed by atoms with E-state index in [0.717, 1.165) is 64.9 Å². The molecule has 0 aliphatic heterocycles. The highest BCUT2D eigenvalue weighted by atomic mass is 31.2. The fraction of sp³-hybridized carbons (Fsp3) is 0.750. The molecule has 0 aromatic rings. The average molecular weight is 821 g/mol. The molecular weight excluding hydrogens is 735 g/mol. The minimum Gasteiger partial charge on any atom is -0.462 e. The zero-order valence-electron chi connectivity index (χ0n) is 36.7. The van der Waals surface area contributed by atoms with Crippen LogP contribution in [0.15, 0.2) is 60.8 Å². The molecule has 330 valence electrons. The van der Waals surface area contributed by atoms with Crippen LogP contribution in [0.2, 0.25) is 0 Å². The topological polar surface area (TPSA) is 108 Å². The Hall–Kier alpha value is -2.25. The van der Waals surface area contributed by atoms with Crippen LogP contribution in [0, 0.1) is 0 Å². The first-order valence-electron chi connectivity index (χ1n) is 23.0. The Morgan fingerprint density at radius 1 is 0.509 bits per heavy atom. The maximum absolute atomic E-state index is 12.5. The van der Waals surface area contributed by atoms with Gasteiger partial charge in [0.25, 0.3) is 0 Å². The van der Waals surface area contributed by atoms with E-state index in [-0.39, 0.29) is 25.4 Å². The third kappa shape index (κ3) is 43.2. The van der Waals surface area contributed by atoms with Gasteiger partial charge >= 0.3 is 19.8 Å². The van der Waals surface area contributed by atoms with Crippen molar-refractivity contribution in [2.24, 2.45) is 0 Å². The molecule has 1 N–H and O–H groups in total. The average Bonchev–Trinajstić information content (AvgIpc) is 3.20. The maximum atomic E-state index is 12.5. The molecule has 0 fully saturated rings. The second kappa shape index (κ2) is 43.3. The van der Waals surface area contributed by atoms with Gasteiger partial charge in [0.1, 0.15) is 6.61 Å². The standard InChI is InChI=1S/C48H85O8P/c1-4-6-8-10-12-14-16-18-20-21-22-23-24-25-26-27-29-30-32-34-36-38-40-42-47(49)54-44-46(45-55-57(51,52)53-3)56-48(50)43-41-39-37-35-33-31-28-19-17-15-13-11-9-7-5-2/h7,9,13,15,19,21-22,28,33,35,46H,4-6,8,10-12,14,16-18,20,23-27,29-32,34,36-45H2,1-3H3,(H,51,52)/b9-7-,15-13-,22-21-,28-19-,35-33-. The second-order valence-electron chi connectivity index (χ2n) is 15.2. The van der Waals surface area contributed by atoms with Crippen LogP contribution >= 0.6 is 7.82 Å². The Balaban J connectivity index is 3.96. The summed E-state index contributed by atoms with van der Waals surface area (Å²) in [6.07, 6.45) is 54.3. The number of allylic oxidation sites excluding steroid dienone is 10. The SMILES string of the molecule is CC/C=C\C/C=C\C/C=C\C/C=C\CCCCC(=O)OC(COC(=O)CCCCCCCCCCCCC/C=C\CCCCCCCCCC)COP(=O)(O)OC. The van der Waals surface area contributed by atoms with Crippen molar-refractivity contribution in [1.82, 2.24) is 0 Å². The predicted octanol–water partition coefficient (Wildman–Crippen LogP) is 14.7. The van der Waals surface area contributed by atoms with Crippen LogP contribution in [0.4, 0.5) is 0 Å². The number of carbonyl (C=O) groups excluding carboxylic acids is 2. The van der Waals surface area contributed by atoms with Crippen molar-refractivity contribution in [1.29, 1.82) is 0 Å². The number of ether oxygens (including phenoxy) is 2. The summed E-state index contributed by atoms with van der Waals surface area (Å²) in [5, 5.41) is 0. The minimum atomic E-state index is -4.28. The number of rotatable bonds is 42. The van der Waals surface area contributed by atoms with Gasteiger partial charge in [0.05, 0.1) is 6.61 Å². The second-order valence-corrected chi connectivity index (χ2v) is 16.7. The summed E-state index contributed by atoms with van der Waals surface area (Å²) in [4.78, 5) is 34.5. The Labute approximate surface area is 350 Å². The van der Waals surface area contributed by atoms with E-state index in [2.05, 4.69) is 79.1 Å². The molecule has 57 heavy (non-hydrogen) atoms. The molecule has 0 aliphatic rings. The Kier molecular flexibility index (Phi) is 41.6. The third-order valence-corrected chi connectivity index (χ3v) is 10.7. The molecule has 0 saturated heterocycles. The summed E-state index contributed by atoms with van der Waals surface area (Å²) in [7, 11) is -3.22. The van der Waals surface area contributed by atoms with Gasteiger partial charge in [0.2, 0.25) is 0 Å². The molecule has 0 rings (SSSR count). The fourth-order valence-electron chi connectivity index (χ4n) is 6.23. The highest BCUT2D eigenvalue weighted by Crippen LogP contribution is 2.42. The molecule has 0 aromatic heterocycles. The van der Waals surface area contributed by atoms with Crippen LogP contribution in [0.3, 0.4) is 0 Å². The molecule has 0 saturated carbocycles. The van der Waals surface area contributed by atoms with E-state index < -0.39 is 26.5 Å². The lowest BCUT2D eigenvalue weighted by Gasteiger charge is -2.19. The molecular formula is C48H85O8P. The molecule has 0 amide bonds. The molecule has 0 spiro atoms. The lowest BCUT2D eigenvalue weighted by molar-refractivity contribution is -0.161. The predicted molar refractivity (Wildman–Crippen MR) is 239 cm³/mol. The molecule has 0 bridgehead atoms. The van der Waals surface area contributed by atoms with Crippen molar-refractivity contribution in [3.05, 3.63) is 60.8 Å². The van der Waals surface area contributed by atoms with Gasteiger partial charge in [-0.2, -0.15) is 0 Å². The van der Waals surface area contributed by atoms with Crippen LogP contribution in [0.25, 0.3) is 0 Å². The van der Waals surface area contributed by atoms with Gasteiger partial charge in [-0.25, -0.2) is 4.57 Å². The lowest BCUT2D eigenvalue weighted by Crippen LogP contribution is -2.29. The van der Waals surface area contributed by atoms with Crippen LogP contribution < -0.4 is 0 Å². The van der Waals surface area contributed by atoms with Gasteiger partial charge in [-0.3, -0.25) is 18.6 Å². The molecule has 0 aliphatic carbocycles. The molecule has 2 atom stereocenters. The summed E-state index contributed by atoms with van der Waals surface area (Å²) in [6, 6.07) is 0. The summed E-state index contributed by atoms with van der Waals surface area (Å²) in [5.74, 6) is -0.853. The first-order valence-corrected chi connectivity index (χ1v) is 24.5. The van der Waals surface area contributed by atoms with Crippen molar-refractivity contribution in [2.75, 3.05) is 20.3 Å². The van der Waals surface area contributed by atoms with E-state index in [1.807, 2.05) is 0 Å². The number of hydrogen-bond acceptors (Lipinski definition) is 7. The quantitative estimate of drug-likeness (QED) is 0.0281. The molecule has 0 heterocycles. The first-order chi connectivity index (χ1) is 27.8. The van der Waals surface area contributed by atoms with Crippen molar-refractivity contribution in [3.8, 4) is 0 Å². The third-order valence-electron chi connectivity index (χ3n) is 9.75. The Bertz CT molecular complexity index is 1110. The maximum Gasteiger partial charge on any atom is 0.472 e. The van der Waals surface area contributed by atoms with Crippen molar-refractivity contribution >= 4 is 19.8 Å². The minimum absolute atomic E-state index is 0.191. The highest BCUT2D eigenvalue weighted by Gasteiger charge is 2.24. The van der Waals surface area contributed by atoms with Gasteiger partial charge in [-0.15, -0.1) is 0 Å². The van der Waals surface area contributed by atoms with E-state index >= 15 is 0 Å². The van der Waals surface area contributed by atoms with Gasteiger partial charge in [0, 0.05) is 20.0 Å². The van der Waals surface area contributed by atoms with Gasteiger partial charge in [-0.1, -0.05) is 177 Å². The van der Waals surface area contributed by atoms with Gasteiger partial charge in [0.15, 0.2) is 6.10 Å². The summed E-state index contributed by atoms with van der Waals surface area (Å²) >= 11 is 0. The zero-order valence-corrected chi connectivity index (χ0v) is 37.6. The molecule has 9 heteroatoms. The Morgan fingerprint density at radius 3 is 1.39 bits per heavy atom. The summed E-state index contributed by atoms with van der Waals surface area (Å²) < 4.78 is 32.0. The number of hydrogen-bond donors (Lipinski definition) is 1. The largest absolute Gasteiger partial charge is 0.472 e. The highest BCUT2D eigenvalue weighted by molar-refractivity contribution is 7.47. The van der Waals surface area contributed by atoms with Crippen molar-refractivity contribution < 1.29 is 37.6 Å². The molecule has 8 nitrogen and oxygen atoms in total. The van der Waals surface area contributed by atoms with E-state index in [1.165, 1.54) is 116 Å². The first kappa shape index (κ1) is 54.8. The Morgan fingerprint density at radius 2 is 0.895 bits per heavy atom. The van der Waals surface area contributed by atoms with E-state index in [4.69, 9.17) is 14.0 Å². The number of esters is 2. The van der Waals surface area contributed by atoms with Crippen LogP contribution in [-0.2, 0) is 32.7 Å². The number of carbonyl (C=O) groups is 2. The smallest absolute Gasteiger partial charge is 0.462 e. The van der Waals surface area contributed by atoms with Crippen molar-refractivity contribution in [2.45, 2.75) is 213 Å². The number of unbranched alkanes of at least 4 members (excludes halogenated alkanes) is 21. The van der Waals surface area contributed by atoms with Gasteiger partial charge < -0.3 is 14.4 Å². The lowest BCUT2D eigenvalue weighted by atomic mass is 10.0. The van der Waals surface area contributed by atoms with E-state index in [9.17, 15) is 19.0 Å². The monoisotopic (exact) mass is 821 g/mol. The number of phosphoric ester groups is 1. The van der Waals surface area contributed by atoms with Gasteiger partial charge in [-0.05, 0) is 77.0 Å². The summed E-state index contributed by atoms with van der Waals surface area (Å²) in [5.41, 5.74) is 0. The van der Waals surface area contributed by atoms with E-state index in [0.29, 0.717) is 6.42 Å². The molecule has 0 radical (unpaired) electrons.